The van der Waals surface area contributed by atoms with Crippen molar-refractivity contribution in [1.82, 2.24) is 14.9 Å². The number of anilines is 2. The fourth-order valence-electron chi connectivity index (χ4n) is 1.91. The van der Waals surface area contributed by atoms with Gasteiger partial charge in [0.25, 0.3) is 0 Å². The molecular weight excluding hydrogens is 371 g/mol. The minimum absolute atomic E-state index is 0.229. The molecule has 1 heterocycles. The Morgan fingerprint density at radius 2 is 1.96 bits per heavy atom. The van der Waals surface area contributed by atoms with Gasteiger partial charge in [0.15, 0.2) is 5.11 Å². The van der Waals surface area contributed by atoms with Gasteiger partial charge in [0, 0.05) is 24.7 Å². The molecule has 1 aromatic heterocycles. The van der Waals surface area contributed by atoms with E-state index in [-0.39, 0.29) is 5.03 Å². The average Bonchev–Trinajstić information content (AvgIpc) is 2.48. The highest BCUT2D eigenvalue weighted by Crippen LogP contribution is 2.41. The normalized spacial score (nSPS) is 11.3. The number of aryl methyl sites for hydroxylation is 1. The van der Waals surface area contributed by atoms with E-state index in [2.05, 4.69) is 15.3 Å². The standard InChI is InChI=1S/C15H16F3N5S2/c1-8-6-9(22-14(24)23(2)3)4-5-10(8)25-13-11(15(16,17)18)12(19)20-7-21-13/h4-7H,1-3H3,(H,22,24)(H2,19,20,21). The van der Waals surface area contributed by atoms with Gasteiger partial charge in [-0.3, -0.25) is 0 Å². The van der Waals surface area contributed by atoms with Crippen LogP contribution in [-0.4, -0.2) is 34.1 Å². The molecule has 25 heavy (non-hydrogen) atoms. The van der Waals surface area contributed by atoms with Crippen molar-refractivity contribution in [3.8, 4) is 0 Å². The zero-order valence-electron chi connectivity index (χ0n) is 13.7. The number of nitrogens with one attached hydrogen (secondary N) is 1. The van der Waals surface area contributed by atoms with Gasteiger partial charge in [-0.05, 0) is 42.9 Å². The molecule has 0 amide bonds. The summed E-state index contributed by atoms with van der Waals surface area (Å²) in [5, 5.41) is 3.34. The molecule has 0 aliphatic heterocycles. The Bertz CT molecular complexity index is 793. The summed E-state index contributed by atoms with van der Waals surface area (Å²) in [4.78, 5) is 9.56. The van der Waals surface area contributed by atoms with Gasteiger partial charge < -0.3 is 16.0 Å². The molecule has 0 radical (unpaired) electrons. The van der Waals surface area contributed by atoms with Crippen molar-refractivity contribution in [2.75, 3.05) is 25.1 Å². The summed E-state index contributed by atoms with van der Waals surface area (Å²) in [6, 6.07) is 5.25. The van der Waals surface area contributed by atoms with E-state index in [0.29, 0.717) is 10.0 Å². The summed E-state index contributed by atoms with van der Waals surface area (Å²) in [5.74, 6) is -0.586. The molecule has 0 aliphatic carbocycles. The Hall–Kier alpha value is -2.07. The monoisotopic (exact) mass is 387 g/mol. The van der Waals surface area contributed by atoms with Gasteiger partial charge in [-0.25, -0.2) is 9.97 Å². The van der Waals surface area contributed by atoms with E-state index < -0.39 is 17.6 Å². The van der Waals surface area contributed by atoms with E-state index in [1.165, 1.54) is 0 Å². The molecule has 2 rings (SSSR count). The molecule has 0 aliphatic rings. The first kappa shape index (κ1) is 19.3. The van der Waals surface area contributed by atoms with Crippen LogP contribution in [0.3, 0.4) is 0 Å². The molecule has 0 saturated carbocycles. The Labute approximate surface area is 152 Å². The van der Waals surface area contributed by atoms with Crippen LogP contribution in [0.25, 0.3) is 0 Å². The highest BCUT2D eigenvalue weighted by molar-refractivity contribution is 7.99. The zero-order chi connectivity index (χ0) is 18.8. The number of nitrogens with two attached hydrogens (primary N) is 1. The first-order valence-corrected chi connectivity index (χ1v) is 8.26. The predicted molar refractivity (Wildman–Crippen MR) is 96.7 cm³/mol. The van der Waals surface area contributed by atoms with E-state index in [1.54, 1.807) is 30.0 Å². The summed E-state index contributed by atoms with van der Waals surface area (Å²) in [7, 11) is 3.62. The first-order valence-electron chi connectivity index (χ1n) is 7.04. The van der Waals surface area contributed by atoms with Crippen LogP contribution < -0.4 is 11.1 Å². The molecule has 1 aromatic carbocycles. The van der Waals surface area contributed by atoms with E-state index in [4.69, 9.17) is 18.0 Å². The van der Waals surface area contributed by atoms with Crippen molar-refractivity contribution in [1.29, 1.82) is 0 Å². The minimum Gasteiger partial charge on any atom is -0.383 e. The van der Waals surface area contributed by atoms with Crippen LogP contribution in [0.15, 0.2) is 34.4 Å². The second-order valence-electron chi connectivity index (χ2n) is 5.34. The molecule has 5 nitrogen and oxygen atoms in total. The summed E-state index contributed by atoms with van der Waals surface area (Å²) in [6.07, 6.45) is -3.60. The third kappa shape index (κ3) is 4.73. The van der Waals surface area contributed by atoms with Crippen LogP contribution in [0, 0.1) is 6.92 Å². The van der Waals surface area contributed by atoms with Crippen LogP contribution in [-0.2, 0) is 6.18 Å². The average molecular weight is 387 g/mol. The Balaban J connectivity index is 2.31. The molecule has 134 valence electrons. The molecule has 0 fully saturated rings. The minimum atomic E-state index is -4.62. The van der Waals surface area contributed by atoms with Crippen molar-refractivity contribution < 1.29 is 13.2 Å². The number of nitrogens with zero attached hydrogens (tertiary/aromatic N) is 3. The molecule has 0 spiro atoms. The lowest BCUT2D eigenvalue weighted by Gasteiger charge is -2.17. The number of aromatic nitrogens is 2. The van der Waals surface area contributed by atoms with Crippen molar-refractivity contribution in [3.63, 3.8) is 0 Å². The third-order valence-electron chi connectivity index (χ3n) is 3.16. The number of hydrogen-bond acceptors (Lipinski definition) is 5. The van der Waals surface area contributed by atoms with Crippen molar-refractivity contribution in [3.05, 3.63) is 35.7 Å². The van der Waals surface area contributed by atoms with Gasteiger partial charge in [0.2, 0.25) is 0 Å². The molecule has 0 bridgehead atoms. The number of alkyl halides is 3. The zero-order valence-corrected chi connectivity index (χ0v) is 15.3. The molecule has 10 heteroatoms. The number of rotatable bonds is 3. The molecular formula is C15H16F3N5S2. The lowest BCUT2D eigenvalue weighted by molar-refractivity contribution is -0.139. The van der Waals surface area contributed by atoms with Gasteiger partial charge in [-0.1, -0.05) is 11.8 Å². The number of nitrogen functional groups attached to an aromatic ring is 1. The SMILES string of the molecule is Cc1cc(NC(=S)N(C)C)ccc1Sc1ncnc(N)c1C(F)(F)F. The van der Waals surface area contributed by atoms with E-state index in [0.717, 1.165) is 29.3 Å². The second-order valence-corrected chi connectivity index (χ2v) is 6.76. The number of halogens is 3. The van der Waals surface area contributed by atoms with Gasteiger partial charge in [0.05, 0.1) is 0 Å². The summed E-state index contributed by atoms with van der Waals surface area (Å²) in [6.45, 7) is 1.80. The van der Waals surface area contributed by atoms with Crippen LogP contribution in [0.2, 0.25) is 0 Å². The van der Waals surface area contributed by atoms with Crippen molar-refractivity contribution >= 4 is 40.6 Å². The highest BCUT2D eigenvalue weighted by Gasteiger charge is 2.37. The predicted octanol–water partition coefficient (Wildman–Crippen LogP) is 3.80. The third-order valence-corrected chi connectivity index (χ3v) is 4.81. The van der Waals surface area contributed by atoms with Gasteiger partial charge in [0.1, 0.15) is 22.7 Å². The maximum Gasteiger partial charge on any atom is 0.422 e. The Kier molecular flexibility index (Phi) is 5.73. The van der Waals surface area contributed by atoms with Crippen molar-refractivity contribution in [2.24, 2.45) is 0 Å². The quantitative estimate of drug-likeness (QED) is 0.613. The largest absolute Gasteiger partial charge is 0.422 e. The number of hydrogen-bond donors (Lipinski definition) is 2. The maximum absolute atomic E-state index is 13.2. The maximum atomic E-state index is 13.2. The topological polar surface area (TPSA) is 67.1 Å². The molecule has 2 aromatic rings. The Morgan fingerprint density at radius 3 is 2.52 bits per heavy atom. The molecule has 0 unspecified atom stereocenters. The molecule has 0 atom stereocenters. The Morgan fingerprint density at radius 1 is 1.28 bits per heavy atom. The fraction of sp³-hybridized carbons (Fsp3) is 0.267. The number of thiocarbonyl (C=S) groups is 1. The second kappa shape index (κ2) is 7.44. The summed E-state index contributed by atoms with van der Waals surface area (Å²) >= 11 is 6.06. The van der Waals surface area contributed by atoms with Crippen LogP contribution in [0.5, 0.6) is 0 Å². The van der Waals surface area contributed by atoms with Gasteiger partial charge >= 0.3 is 6.18 Å². The van der Waals surface area contributed by atoms with Gasteiger partial charge in [-0.15, -0.1) is 0 Å². The van der Waals surface area contributed by atoms with Gasteiger partial charge in [-0.2, -0.15) is 13.2 Å². The van der Waals surface area contributed by atoms with E-state index in [9.17, 15) is 13.2 Å². The highest BCUT2D eigenvalue weighted by atomic mass is 32.2. The summed E-state index contributed by atoms with van der Waals surface area (Å²) < 4.78 is 39.6. The smallest absolute Gasteiger partial charge is 0.383 e. The molecule has 0 saturated heterocycles. The van der Waals surface area contributed by atoms with E-state index >= 15 is 0 Å². The summed E-state index contributed by atoms with van der Waals surface area (Å²) in [5.41, 5.74) is 5.90. The molecule has 3 N–H and O–H groups in total. The lowest BCUT2D eigenvalue weighted by Crippen LogP contribution is -2.26. The van der Waals surface area contributed by atoms with Crippen LogP contribution in [0.4, 0.5) is 24.7 Å². The fourth-order valence-corrected chi connectivity index (χ4v) is 3.01. The van der Waals surface area contributed by atoms with Crippen molar-refractivity contribution in [2.45, 2.75) is 23.0 Å². The van der Waals surface area contributed by atoms with E-state index in [1.807, 2.05) is 14.1 Å². The first-order chi connectivity index (χ1) is 11.6. The lowest BCUT2D eigenvalue weighted by atomic mass is 10.2. The van der Waals surface area contributed by atoms with Crippen LogP contribution >= 0.6 is 24.0 Å². The van der Waals surface area contributed by atoms with Crippen LogP contribution in [0.1, 0.15) is 11.1 Å². The number of benzene rings is 1.